The lowest BCUT2D eigenvalue weighted by atomic mass is 9.56. The van der Waals surface area contributed by atoms with Crippen molar-refractivity contribution in [1.82, 2.24) is 0 Å². The van der Waals surface area contributed by atoms with Crippen molar-refractivity contribution in [3.63, 3.8) is 0 Å². The van der Waals surface area contributed by atoms with E-state index in [1.165, 1.54) is 0 Å². The highest BCUT2D eigenvalue weighted by Crippen LogP contribution is 2.54. The Morgan fingerprint density at radius 1 is 1.00 bits per heavy atom. The molecule has 0 amide bonds. The van der Waals surface area contributed by atoms with Crippen LogP contribution in [0.1, 0.15) is 66.2 Å². The fourth-order valence-corrected chi connectivity index (χ4v) is 3.78. The van der Waals surface area contributed by atoms with Gasteiger partial charge in [-0.2, -0.15) is 5.26 Å². The zero-order valence-electron chi connectivity index (χ0n) is 12.8. The van der Waals surface area contributed by atoms with E-state index in [1.807, 2.05) is 13.8 Å². The Kier molecular flexibility index (Phi) is 3.48. The van der Waals surface area contributed by atoms with E-state index < -0.39 is 11.0 Å². The molecule has 2 rings (SSSR count). The number of aliphatic hydroxyl groups is 1. The van der Waals surface area contributed by atoms with Crippen LogP contribution >= 0.6 is 0 Å². The van der Waals surface area contributed by atoms with Crippen LogP contribution in [0.4, 0.5) is 0 Å². The molecule has 1 heterocycles. The van der Waals surface area contributed by atoms with Gasteiger partial charge in [-0.15, -0.1) is 0 Å². The Labute approximate surface area is 117 Å². The molecule has 1 unspecified atom stereocenters. The van der Waals surface area contributed by atoms with E-state index in [2.05, 4.69) is 19.9 Å². The lowest BCUT2D eigenvalue weighted by Crippen LogP contribution is -2.57. The molecule has 1 aliphatic carbocycles. The molecule has 3 nitrogen and oxygen atoms in total. The van der Waals surface area contributed by atoms with Crippen LogP contribution in [0.25, 0.3) is 0 Å². The van der Waals surface area contributed by atoms with Crippen molar-refractivity contribution >= 4 is 0 Å². The minimum absolute atomic E-state index is 0.303. The zero-order valence-corrected chi connectivity index (χ0v) is 12.8. The summed E-state index contributed by atoms with van der Waals surface area (Å²) < 4.78 is 5.71. The Bertz CT molecular complexity index is 384. The predicted octanol–water partition coefficient (Wildman–Crippen LogP) is 3.42. The minimum atomic E-state index is -0.889. The number of ether oxygens (including phenoxy) is 1. The quantitative estimate of drug-likeness (QED) is 0.790. The third kappa shape index (κ3) is 2.66. The number of nitrogens with zero attached hydrogens (tertiary/aromatic N) is 1. The molecule has 0 spiro atoms. The molecule has 1 aliphatic heterocycles. The van der Waals surface area contributed by atoms with Crippen molar-refractivity contribution in [3.8, 4) is 6.07 Å². The Balaban J connectivity index is 2.24. The SMILES string of the molecule is CC1(C)CCC(C#N)(C2(O)CCOC(C)(C)C2)CC1. The smallest absolute Gasteiger partial charge is 0.0882 e. The van der Waals surface area contributed by atoms with E-state index in [9.17, 15) is 10.4 Å². The molecule has 1 atom stereocenters. The molecular weight excluding hydrogens is 238 g/mol. The van der Waals surface area contributed by atoms with Crippen molar-refractivity contribution in [2.45, 2.75) is 77.4 Å². The number of hydrogen-bond donors (Lipinski definition) is 1. The third-order valence-corrected chi connectivity index (χ3v) is 5.29. The van der Waals surface area contributed by atoms with Crippen molar-refractivity contribution in [1.29, 1.82) is 5.26 Å². The lowest BCUT2D eigenvalue weighted by molar-refractivity contribution is -0.191. The van der Waals surface area contributed by atoms with Gasteiger partial charge < -0.3 is 9.84 Å². The van der Waals surface area contributed by atoms with E-state index >= 15 is 0 Å². The second kappa shape index (κ2) is 4.46. The third-order valence-electron chi connectivity index (χ3n) is 5.29. The van der Waals surface area contributed by atoms with E-state index in [-0.39, 0.29) is 5.60 Å². The van der Waals surface area contributed by atoms with Crippen molar-refractivity contribution in [2.24, 2.45) is 10.8 Å². The summed E-state index contributed by atoms with van der Waals surface area (Å²) in [6, 6.07) is 2.50. The largest absolute Gasteiger partial charge is 0.388 e. The second-order valence-corrected chi connectivity index (χ2v) is 7.92. The van der Waals surface area contributed by atoms with Gasteiger partial charge in [-0.1, -0.05) is 13.8 Å². The van der Waals surface area contributed by atoms with E-state index in [4.69, 9.17) is 4.74 Å². The van der Waals surface area contributed by atoms with Gasteiger partial charge in [0, 0.05) is 12.8 Å². The molecule has 19 heavy (non-hydrogen) atoms. The highest BCUT2D eigenvalue weighted by molar-refractivity contribution is 5.15. The normalized spacial score (nSPS) is 36.4. The molecule has 3 heteroatoms. The summed E-state index contributed by atoms with van der Waals surface area (Å²) in [5, 5.41) is 20.9. The summed E-state index contributed by atoms with van der Waals surface area (Å²) in [7, 11) is 0. The Hall–Kier alpha value is -0.590. The van der Waals surface area contributed by atoms with Gasteiger partial charge in [0.1, 0.15) is 0 Å². The average Bonchev–Trinajstić information content (AvgIpc) is 2.27. The Morgan fingerprint density at radius 3 is 2.05 bits per heavy atom. The fraction of sp³-hybridized carbons (Fsp3) is 0.938. The molecule has 0 aromatic rings. The molecule has 1 saturated heterocycles. The summed E-state index contributed by atoms with van der Waals surface area (Å²) in [5.74, 6) is 0. The maximum Gasteiger partial charge on any atom is 0.0882 e. The first-order valence-electron chi connectivity index (χ1n) is 7.41. The van der Waals surface area contributed by atoms with Gasteiger partial charge in [-0.05, 0) is 44.9 Å². The highest BCUT2D eigenvalue weighted by Gasteiger charge is 2.56. The molecule has 0 radical (unpaired) electrons. The second-order valence-electron chi connectivity index (χ2n) is 7.92. The topological polar surface area (TPSA) is 53.2 Å². The number of rotatable bonds is 1. The zero-order chi connectivity index (χ0) is 14.4. The minimum Gasteiger partial charge on any atom is -0.388 e. The first-order chi connectivity index (χ1) is 8.64. The van der Waals surface area contributed by atoms with Crippen molar-refractivity contribution in [3.05, 3.63) is 0 Å². The molecule has 0 bridgehead atoms. The lowest BCUT2D eigenvalue weighted by Gasteiger charge is -2.53. The number of hydrogen-bond acceptors (Lipinski definition) is 3. The van der Waals surface area contributed by atoms with Crippen LogP contribution in [0, 0.1) is 22.2 Å². The highest BCUT2D eigenvalue weighted by atomic mass is 16.5. The monoisotopic (exact) mass is 265 g/mol. The Morgan fingerprint density at radius 2 is 1.58 bits per heavy atom. The molecule has 1 N–H and O–H groups in total. The summed E-state index contributed by atoms with van der Waals surface area (Å²) in [6.45, 7) is 9.08. The molecule has 1 saturated carbocycles. The van der Waals surface area contributed by atoms with Gasteiger partial charge in [0.05, 0.1) is 29.3 Å². The molecule has 2 aliphatic rings. The standard InChI is InChI=1S/C16H27NO2/c1-13(2)5-7-15(12-17,8-6-13)16(18)9-10-19-14(3,4)11-16/h18H,5-11H2,1-4H3. The maximum absolute atomic E-state index is 11.1. The van der Waals surface area contributed by atoms with Crippen LogP contribution in [0.2, 0.25) is 0 Å². The predicted molar refractivity (Wildman–Crippen MR) is 74.5 cm³/mol. The maximum atomic E-state index is 11.1. The van der Waals surface area contributed by atoms with Crippen LogP contribution in [-0.2, 0) is 4.74 Å². The van der Waals surface area contributed by atoms with E-state index in [0.29, 0.717) is 24.9 Å². The van der Waals surface area contributed by atoms with Crippen LogP contribution in [0.15, 0.2) is 0 Å². The first kappa shape index (κ1) is 14.8. The average molecular weight is 265 g/mol. The van der Waals surface area contributed by atoms with Gasteiger partial charge in [0.2, 0.25) is 0 Å². The molecule has 0 aromatic heterocycles. The summed E-state index contributed by atoms with van der Waals surface area (Å²) in [6.07, 6.45) is 4.80. The van der Waals surface area contributed by atoms with E-state index in [0.717, 1.165) is 25.7 Å². The van der Waals surface area contributed by atoms with Gasteiger partial charge in [0.15, 0.2) is 0 Å². The molecule has 0 aromatic carbocycles. The van der Waals surface area contributed by atoms with Crippen molar-refractivity contribution in [2.75, 3.05) is 6.61 Å². The van der Waals surface area contributed by atoms with Gasteiger partial charge in [-0.25, -0.2) is 0 Å². The van der Waals surface area contributed by atoms with Crippen LogP contribution < -0.4 is 0 Å². The van der Waals surface area contributed by atoms with Gasteiger partial charge in [-0.3, -0.25) is 0 Å². The fourth-order valence-electron chi connectivity index (χ4n) is 3.78. The molecule has 108 valence electrons. The van der Waals surface area contributed by atoms with Gasteiger partial charge in [0.25, 0.3) is 0 Å². The van der Waals surface area contributed by atoms with Crippen molar-refractivity contribution < 1.29 is 9.84 Å². The summed E-state index contributed by atoms with van der Waals surface area (Å²) in [5.41, 5.74) is -1.50. The molecular formula is C16H27NO2. The summed E-state index contributed by atoms with van der Waals surface area (Å²) >= 11 is 0. The van der Waals surface area contributed by atoms with E-state index in [1.54, 1.807) is 0 Å². The van der Waals surface area contributed by atoms with Crippen LogP contribution in [0.5, 0.6) is 0 Å². The van der Waals surface area contributed by atoms with Crippen LogP contribution in [0.3, 0.4) is 0 Å². The summed E-state index contributed by atoms with van der Waals surface area (Å²) in [4.78, 5) is 0. The first-order valence-corrected chi connectivity index (χ1v) is 7.41. The van der Waals surface area contributed by atoms with Gasteiger partial charge >= 0.3 is 0 Å². The number of nitriles is 1. The molecule has 2 fully saturated rings. The van der Waals surface area contributed by atoms with Crippen LogP contribution in [-0.4, -0.2) is 22.9 Å².